The first-order chi connectivity index (χ1) is 11.1. The van der Waals surface area contributed by atoms with Gasteiger partial charge in [0.15, 0.2) is 0 Å². The van der Waals surface area contributed by atoms with Crippen LogP contribution in [0.2, 0.25) is 0 Å². The van der Waals surface area contributed by atoms with Gasteiger partial charge < -0.3 is 9.67 Å². The van der Waals surface area contributed by atoms with Crippen LogP contribution in [0.25, 0.3) is 11.1 Å². The summed E-state index contributed by atoms with van der Waals surface area (Å²) in [6.45, 7) is 2.01. The molecule has 0 fully saturated rings. The highest BCUT2D eigenvalue weighted by molar-refractivity contribution is 5.74. The van der Waals surface area contributed by atoms with E-state index in [1.165, 1.54) is 0 Å². The Morgan fingerprint density at radius 2 is 1.96 bits per heavy atom. The van der Waals surface area contributed by atoms with E-state index in [4.69, 9.17) is 0 Å². The number of hydrogen-bond donors (Lipinski definition) is 1. The van der Waals surface area contributed by atoms with Crippen molar-refractivity contribution in [3.05, 3.63) is 77.4 Å². The largest absolute Gasteiger partial charge is 0.382 e. The highest BCUT2D eigenvalue weighted by atomic mass is 16.3. The second-order valence-electron chi connectivity index (χ2n) is 5.56. The maximum atomic E-state index is 10.6. The monoisotopic (exact) mass is 303 g/mol. The molecule has 3 rings (SSSR count). The van der Waals surface area contributed by atoms with Crippen LogP contribution in [0.3, 0.4) is 0 Å². The third-order valence-electron chi connectivity index (χ3n) is 4.05. The van der Waals surface area contributed by atoms with Crippen LogP contribution in [-0.2, 0) is 7.05 Å². The smallest absolute Gasteiger partial charge is 0.121 e. The van der Waals surface area contributed by atoms with Crippen molar-refractivity contribution in [1.29, 1.82) is 5.26 Å². The van der Waals surface area contributed by atoms with E-state index in [0.717, 1.165) is 22.3 Å². The second-order valence-corrected chi connectivity index (χ2v) is 5.56. The lowest BCUT2D eigenvalue weighted by Gasteiger charge is -2.15. The minimum atomic E-state index is -0.780. The Kier molecular flexibility index (Phi) is 3.96. The normalized spacial score (nSPS) is 11.9. The van der Waals surface area contributed by atoms with Gasteiger partial charge in [-0.15, -0.1) is 0 Å². The average molecular weight is 303 g/mol. The molecule has 0 amide bonds. The molecule has 4 heteroatoms. The third kappa shape index (κ3) is 2.75. The molecule has 1 aromatic heterocycles. The van der Waals surface area contributed by atoms with Gasteiger partial charge in [0, 0.05) is 12.6 Å². The second kappa shape index (κ2) is 6.07. The average Bonchev–Trinajstić information content (AvgIpc) is 3.00. The number of aliphatic hydroxyl groups excluding tert-OH is 1. The summed E-state index contributed by atoms with van der Waals surface area (Å²) >= 11 is 0. The molecule has 23 heavy (non-hydrogen) atoms. The van der Waals surface area contributed by atoms with Crippen molar-refractivity contribution < 1.29 is 5.11 Å². The molecule has 0 aliphatic carbocycles. The van der Waals surface area contributed by atoms with Crippen molar-refractivity contribution >= 4 is 0 Å². The van der Waals surface area contributed by atoms with Gasteiger partial charge in [-0.25, -0.2) is 4.98 Å². The highest BCUT2D eigenvalue weighted by Crippen LogP contribution is 2.31. The van der Waals surface area contributed by atoms with Crippen LogP contribution in [0.15, 0.2) is 55.0 Å². The standard InChI is InChI=1S/C19H17N3O/c1-13-5-3-4-6-16(13)17-9-14(7-8-15(17)10-20)19(23)18-11-21-12-22(18)2/h3-9,11-12,19,23H,1-2H3. The number of aliphatic hydroxyl groups is 1. The Hall–Kier alpha value is -2.90. The van der Waals surface area contributed by atoms with Gasteiger partial charge in [0.25, 0.3) is 0 Å². The van der Waals surface area contributed by atoms with Crippen LogP contribution in [0.1, 0.15) is 28.5 Å². The Labute approximate surface area is 135 Å². The summed E-state index contributed by atoms with van der Waals surface area (Å²) in [7, 11) is 1.84. The van der Waals surface area contributed by atoms with Crippen molar-refractivity contribution in [3.63, 3.8) is 0 Å². The summed E-state index contributed by atoms with van der Waals surface area (Å²) < 4.78 is 1.79. The third-order valence-corrected chi connectivity index (χ3v) is 4.05. The Balaban J connectivity index is 2.13. The highest BCUT2D eigenvalue weighted by Gasteiger charge is 2.16. The van der Waals surface area contributed by atoms with Crippen LogP contribution in [0.4, 0.5) is 0 Å². The van der Waals surface area contributed by atoms with Gasteiger partial charge in [0.2, 0.25) is 0 Å². The molecule has 4 nitrogen and oxygen atoms in total. The molecule has 1 unspecified atom stereocenters. The molecule has 3 aromatic rings. The Morgan fingerprint density at radius 1 is 1.17 bits per heavy atom. The van der Waals surface area contributed by atoms with Crippen LogP contribution >= 0.6 is 0 Å². The van der Waals surface area contributed by atoms with E-state index in [1.807, 2.05) is 44.3 Å². The fourth-order valence-electron chi connectivity index (χ4n) is 2.73. The van der Waals surface area contributed by atoms with Crippen molar-refractivity contribution in [3.8, 4) is 17.2 Å². The number of aryl methyl sites for hydroxylation is 2. The summed E-state index contributed by atoms with van der Waals surface area (Å²) in [6.07, 6.45) is 2.53. The summed E-state index contributed by atoms with van der Waals surface area (Å²) in [6, 6.07) is 15.6. The molecule has 1 N–H and O–H groups in total. The van der Waals surface area contributed by atoms with Gasteiger partial charge in [-0.05, 0) is 35.7 Å². The minimum Gasteiger partial charge on any atom is -0.382 e. The fourth-order valence-corrected chi connectivity index (χ4v) is 2.73. The summed E-state index contributed by atoms with van der Waals surface area (Å²) in [5, 5.41) is 20.0. The van der Waals surface area contributed by atoms with Crippen molar-refractivity contribution in [2.45, 2.75) is 13.0 Å². The fraction of sp³-hybridized carbons (Fsp3) is 0.158. The summed E-state index contributed by atoms with van der Waals surface area (Å²) in [5.41, 5.74) is 4.99. The maximum absolute atomic E-state index is 10.6. The zero-order chi connectivity index (χ0) is 16.4. The molecule has 0 spiro atoms. The number of nitrogens with zero attached hydrogens (tertiary/aromatic N) is 3. The van der Waals surface area contributed by atoms with Gasteiger partial charge >= 0.3 is 0 Å². The molecule has 1 heterocycles. The van der Waals surface area contributed by atoms with Crippen molar-refractivity contribution in [1.82, 2.24) is 9.55 Å². The van der Waals surface area contributed by atoms with Gasteiger partial charge in [-0.2, -0.15) is 5.26 Å². The summed E-state index contributed by atoms with van der Waals surface area (Å²) in [4.78, 5) is 4.05. The maximum Gasteiger partial charge on any atom is 0.121 e. The number of nitriles is 1. The van der Waals surface area contributed by atoms with Gasteiger partial charge in [-0.1, -0.05) is 30.3 Å². The predicted octanol–water partition coefficient (Wildman–Crippen LogP) is 3.35. The first-order valence-electron chi connectivity index (χ1n) is 7.36. The van der Waals surface area contributed by atoms with Crippen LogP contribution in [0, 0.1) is 18.3 Å². The molecule has 0 radical (unpaired) electrons. The van der Waals surface area contributed by atoms with E-state index in [-0.39, 0.29) is 0 Å². The predicted molar refractivity (Wildman–Crippen MR) is 88.6 cm³/mol. The van der Waals surface area contributed by atoms with Crippen LogP contribution in [0.5, 0.6) is 0 Å². The topological polar surface area (TPSA) is 61.8 Å². The molecule has 0 saturated heterocycles. The summed E-state index contributed by atoms with van der Waals surface area (Å²) in [5.74, 6) is 0. The number of benzene rings is 2. The van der Waals surface area contributed by atoms with Gasteiger partial charge in [-0.3, -0.25) is 0 Å². The minimum absolute atomic E-state index is 0.597. The number of aromatic nitrogens is 2. The van der Waals surface area contributed by atoms with Crippen molar-refractivity contribution in [2.24, 2.45) is 7.05 Å². The molecule has 0 saturated carbocycles. The molecule has 0 aliphatic rings. The lowest BCUT2D eigenvalue weighted by atomic mass is 9.93. The van der Waals surface area contributed by atoms with E-state index in [0.29, 0.717) is 11.3 Å². The van der Waals surface area contributed by atoms with E-state index in [2.05, 4.69) is 11.1 Å². The molecule has 114 valence electrons. The van der Waals surface area contributed by atoms with Gasteiger partial charge in [0.05, 0.1) is 29.9 Å². The van der Waals surface area contributed by atoms with E-state index < -0.39 is 6.10 Å². The molecular weight excluding hydrogens is 286 g/mol. The zero-order valence-corrected chi connectivity index (χ0v) is 13.1. The molecule has 2 aromatic carbocycles. The van der Waals surface area contributed by atoms with Crippen LogP contribution in [-0.4, -0.2) is 14.7 Å². The first kappa shape index (κ1) is 15.0. The molecule has 1 atom stereocenters. The Morgan fingerprint density at radius 3 is 2.61 bits per heavy atom. The zero-order valence-electron chi connectivity index (χ0n) is 13.1. The Bertz CT molecular complexity index is 890. The van der Waals surface area contributed by atoms with E-state index >= 15 is 0 Å². The quantitative estimate of drug-likeness (QED) is 0.807. The van der Waals surface area contributed by atoms with Crippen molar-refractivity contribution in [2.75, 3.05) is 0 Å². The van der Waals surface area contributed by atoms with E-state index in [9.17, 15) is 10.4 Å². The number of hydrogen-bond acceptors (Lipinski definition) is 3. The SMILES string of the molecule is Cc1ccccc1-c1cc(C(O)c2cncn2C)ccc1C#N. The number of rotatable bonds is 3. The lowest BCUT2D eigenvalue weighted by molar-refractivity contribution is 0.211. The number of imidazole rings is 1. The lowest BCUT2D eigenvalue weighted by Crippen LogP contribution is -2.05. The van der Waals surface area contributed by atoms with Gasteiger partial charge in [0.1, 0.15) is 6.10 Å². The molecule has 0 bridgehead atoms. The van der Waals surface area contributed by atoms with Crippen LogP contribution < -0.4 is 0 Å². The first-order valence-corrected chi connectivity index (χ1v) is 7.36. The molecule has 0 aliphatic heterocycles. The van der Waals surface area contributed by atoms with E-state index in [1.54, 1.807) is 29.2 Å². The molecular formula is C19H17N3O.